The minimum absolute atomic E-state index is 0.0609. The van der Waals surface area contributed by atoms with Crippen molar-refractivity contribution in [2.24, 2.45) is 4.40 Å². The molecule has 0 unspecified atom stereocenters. The number of methoxy groups -OCH3 is 1. The molecule has 1 saturated heterocycles. The average Bonchev–Trinajstić information content (AvgIpc) is 3.11. The summed E-state index contributed by atoms with van der Waals surface area (Å²) < 4.78 is 40.7. The molecule has 1 aliphatic heterocycles. The van der Waals surface area contributed by atoms with E-state index in [1.54, 1.807) is 43.5 Å². The van der Waals surface area contributed by atoms with Gasteiger partial charge in [0.2, 0.25) is 0 Å². The maximum Gasteiger partial charge on any atom is 0.284 e. The molecule has 0 radical (unpaired) electrons. The zero-order valence-electron chi connectivity index (χ0n) is 19.3. The first-order valence-corrected chi connectivity index (χ1v) is 13.2. The van der Waals surface area contributed by atoms with Crippen LogP contribution in [-0.2, 0) is 14.8 Å². The fourth-order valence-electron chi connectivity index (χ4n) is 3.19. The normalized spacial score (nSPS) is 16.3. The maximum absolute atomic E-state index is 13.0. The SMILES string of the molecule is C=CCN1C(=O)/C(=C/c2ccc(OCCCCC)c(OC)c2)S/C1=N\S(=O)(=O)c1ccccc1. The van der Waals surface area contributed by atoms with E-state index < -0.39 is 10.0 Å². The minimum Gasteiger partial charge on any atom is -0.493 e. The Kier molecular flexibility index (Phi) is 8.95. The quantitative estimate of drug-likeness (QED) is 0.242. The second kappa shape index (κ2) is 11.9. The predicted molar refractivity (Wildman–Crippen MR) is 137 cm³/mol. The van der Waals surface area contributed by atoms with Crippen LogP contribution in [0.2, 0.25) is 0 Å². The summed E-state index contributed by atoms with van der Waals surface area (Å²) in [6, 6.07) is 13.3. The number of ether oxygens (including phenoxy) is 2. The van der Waals surface area contributed by atoms with Gasteiger partial charge in [0, 0.05) is 6.54 Å². The Hall–Kier alpha value is -3.04. The first-order valence-electron chi connectivity index (χ1n) is 10.9. The van der Waals surface area contributed by atoms with Gasteiger partial charge in [-0.2, -0.15) is 8.42 Å². The van der Waals surface area contributed by atoms with Crippen molar-refractivity contribution in [3.63, 3.8) is 0 Å². The van der Waals surface area contributed by atoms with Gasteiger partial charge in [-0.3, -0.25) is 9.69 Å². The lowest BCUT2D eigenvalue weighted by Gasteiger charge is -2.12. The van der Waals surface area contributed by atoms with Gasteiger partial charge < -0.3 is 9.47 Å². The third-order valence-corrected chi connectivity index (χ3v) is 7.33. The van der Waals surface area contributed by atoms with Crippen LogP contribution in [-0.4, -0.2) is 44.7 Å². The van der Waals surface area contributed by atoms with E-state index in [9.17, 15) is 13.2 Å². The molecule has 1 amide bonds. The summed E-state index contributed by atoms with van der Waals surface area (Å²) in [7, 11) is -2.41. The second-order valence-corrected chi connectivity index (χ2v) is 10.1. The lowest BCUT2D eigenvalue weighted by molar-refractivity contribution is -0.121. The number of nitrogens with zero attached hydrogens (tertiary/aromatic N) is 2. The Morgan fingerprint density at radius 1 is 1.12 bits per heavy atom. The van der Waals surface area contributed by atoms with Crippen LogP contribution in [0.1, 0.15) is 31.7 Å². The van der Waals surface area contributed by atoms with Crippen LogP contribution in [0.4, 0.5) is 0 Å². The van der Waals surface area contributed by atoms with Crippen molar-refractivity contribution in [2.45, 2.75) is 31.1 Å². The van der Waals surface area contributed by atoms with E-state index >= 15 is 0 Å². The van der Waals surface area contributed by atoms with Crippen LogP contribution in [0.3, 0.4) is 0 Å². The number of unbranched alkanes of at least 4 members (excludes halogenated alkanes) is 2. The van der Waals surface area contributed by atoms with Gasteiger partial charge >= 0.3 is 0 Å². The van der Waals surface area contributed by atoms with Gasteiger partial charge in [0.25, 0.3) is 15.9 Å². The molecule has 7 nitrogen and oxygen atoms in total. The van der Waals surface area contributed by atoms with Crippen LogP contribution in [0.15, 0.2) is 75.4 Å². The first-order chi connectivity index (χ1) is 16.4. The fraction of sp³-hybridized carbons (Fsp3) is 0.280. The van der Waals surface area contributed by atoms with Gasteiger partial charge in [-0.05, 0) is 54.1 Å². The van der Waals surface area contributed by atoms with Gasteiger partial charge in [0.05, 0.1) is 23.5 Å². The third-order valence-electron chi connectivity index (χ3n) is 4.93. The van der Waals surface area contributed by atoms with Crippen molar-refractivity contribution in [2.75, 3.05) is 20.3 Å². The standard InChI is InChI=1S/C25H28N2O5S2/c1-4-6-10-16-32-21-14-13-19(17-22(21)31-3)18-23-24(28)27(15-5-2)25(33-23)26-34(29,30)20-11-8-7-9-12-20/h5,7-9,11-14,17-18H,2,4,6,10,15-16H2,1,3H3/b23-18-,26-25-. The molecule has 180 valence electrons. The number of carbonyl (C=O) groups excluding carboxylic acids is 1. The second-order valence-electron chi connectivity index (χ2n) is 7.44. The molecule has 1 heterocycles. The monoisotopic (exact) mass is 500 g/mol. The summed E-state index contributed by atoms with van der Waals surface area (Å²) in [5.74, 6) is 0.853. The van der Waals surface area contributed by atoms with E-state index in [0.717, 1.165) is 36.6 Å². The van der Waals surface area contributed by atoms with Gasteiger partial charge in [-0.1, -0.05) is 50.1 Å². The topological polar surface area (TPSA) is 85.3 Å². The lowest BCUT2D eigenvalue weighted by atomic mass is 10.2. The number of benzene rings is 2. The zero-order valence-corrected chi connectivity index (χ0v) is 20.9. The molecule has 0 spiro atoms. The molecule has 0 N–H and O–H groups in total. The summed E-state index contributed by atoms with van der Waals surface area (Å²) >= 11 is 1.01. The first kappa shape index (κ1) is 25.6. The molecule has 34 heavy (non-hydrogen) atoms. The van der Waals surface area contributed by atoms with Crippen LogP contribution in [0.5, 0.6) is 11.5 Å². The summed E-state index contributed by atoms with van der Waals surface area (Å²) in [5, 5.41) is 0.0860. The number of thioether (sulfide) groups is 1. The molecular formula is C25H28N2O5S2. The summed E-state index contributed by atoms with van der Waals surface area (Å²) in [4.78, 5) is 14.7. The molecule has 1 fully saturated rings. The number of hydrogen-bond donors (Lipinski definition) is 0. The maximum atomic E-state index is 13.0. The molecule has 0 aromatic heterocycles. The Labute approximate surface area is 205 Å². The van der Waals surface area contributed by atoms with Gasteiger partial charge in [0.15, 0.2) is 16.7 Å². The fourth-order valence-corrected chi connectivity index (χ4v) is 5.40. The van der Waals surface area contributed by atoms with E-state index in [-0.39, 0.29) is 22.5 Å². The van der Waals surface area contributed by atoms with E-state index in [1.165, 1.54) is 23.1 Å². The van der Waals surface area contributed by atoms with Crippen molar-refractivity contribution in [1.82, 2.24) is 4.90 Å². The molecule has 9 heteroatoms. The summed E-state index contributed by atoms with van der Waals surface area (Å²) in [6.07, 6.45) is 6.38. The molecule has 0 bridgehead atoms. The smallest absolute Gasteiger partial charge is 0.284 e. The van der Waals surface area contributed by atoms with Crippen molar-refractivity contribution in [3.05, 3.63) is 71.7 Å². The largest absolute Gasteiger partial charge is 0.493 e. The number of amides is 1. The molecule has 3 rings (SSSR count). The van der Waals surface area contributed by atoms with Crippen molar-refractivity contribution < 1.29 is 22.7 Å². The molecule has 2 aromatic rings. The zero-order chi connectivity index (χ0) is 24.6. The Bertz CT molecular complexity index is 1190. The number of hydrogen-bond acceptors (Lipinski definition) is 6. The van der Waals surface area contributed by atoms with E-state index in [0.29, 0.717) is 23.0 Å². The summed E-state index contributed by atoms with van der Waals surface area (Å²) in [5.41, 5.74) is 0.722. The highest BCUT2D eigenvalue weighted by Crippen LogP contribution is 2.35. The number of amidine groups is 1. The molecule has 0 aliphatic carbocycles. The molecule has 1 aliphatic rings. The lowest BCUT2D eigenvalue weighted by Crippen LogP contribution is -2.29. The van der Waals surface area contributed by atoms with Gasteiger partial charge in [0.1, 0.15) is 0 Å². The van der Waals surface area contributed by atoms with Crippen LogP contribution in [0, 0.1) is 0 Å². The molecule has 0 atom stereocenters. The van der Waals surface area contributed by atoms with Crippen LogP contribution in [0.25, 0.3) is 6.08 Å². The van der Waals surface area contributed by atoms with Crippen molar-refractivity contribution in [3.8, 4) is 11.5 Å². The Morgan fingerprint density at radius 3 is 2.56 bits per heavy atom. The third kappa shape index (κ3) is 6.30. The van der Waals surface area contributed by atoms with Crippen molar-refractivity contribution >= 4 is 38.9 Å². The molecule has 2 aromatic carbocycles. The molecular weight excluding hydrogens is 472 g/mol. The van der Waals surface area contributed by atoms with Gasteiger partial charge in [-0.25, -0.2) is 0 Å². The number of carbonyl (C=O) groups is 1. The van der Waals surface area contributed by atoms with Gasteiger partial charge in [-0.15, -0.1) is 11.0 Å². The minimum atomic E-state index is -3.97. The Balaban J connectivity index is 1.88. The van der Waals surface area contributed by atoms with Crippen LogP contribution < -0.4 is 9.47 Å². The molecule has 0 saturated carbocycles. The highest BCUT2D eigenvalue weighted by Gasteiger charge is 2.34. The number of sulfonamides is 1. The predicted octanol–water partition coefficient (Wildman–Crippen LogP) is 5.11. The van der Waals surface area contributed by atoms with Crippen LogP contribution >= 0.6 is 11.8 Å². The summed E-state index contributed by atoms with van der Waals surface area (Å²) in [6.45, 7) is 6.54. The van der Waals surface area contributed by atoms with Crippen molar-refractivity contribution in [1.29, 1.82) is 0 Å². The average molecular weight is 501 g/mol. The Morgan fingerprint density at radius 2 is 1.88 bits per heavy atom. The highest BCUT2D eigenvalue weighted by molar-refractivity contribution is 8.19. The highest BCUT2D eigenvalue weighted by atomic mass is 32.2. The van der Waals surface area contributed by atoms with E-state index in [4.69, 9.17) is 9.47 Å². The van der Waals surface area contributed by atoms with E-state index in [1.807, 2.05) is 6.07 Å². The van der Waals surface area contributed by atoms with E-state index in [2.05, 4.69) is 17.9 Å². The number of rotatable bonds is 11.